The molecule has 0 heterocycles. The van der Waals surface area contributed by atoms with Gasteiger partial charge in [0.15, 0.2) is 5.78 Å². The molecular formula is C19H19NO4. The summed E-state index contributed by atoms with van der Waals surface area (Å²) in [6, 6.07) is 11.6. The van der Waals surface area contributed by atoms with Crippen LogP contribution in [0.4, 0.5) is 0 Å². The van der Waals surface area contributed by atoms with Gasteiger partial charge in [0.2, 0.25) is 5.91 Å². The number of carbonyl (C=O) groups excluding carboxylic acids is 2. The fourth-order valence-corrected chi connectivity index (χ4v) is 2.20. The van der Waals surface area contributed by atoms with Crippen molar-refractivity contribution in [3.05, 3.63) is 71.3 Å². The second-order valence-electron chi connectivity index (χ2n) is 5.34. The lowest BCUT2D eigenvalue weighted by atomic mass is 9.99. The molecule has 24 heavy (non-hydrogen) atoms. The summed E-state index contributed by atoms with van der Waals surface area (Å²) < 4.78 is 5.21. The molecule has 0 fully saturated rings. The number of nitrogens with one attached hydrogen (secondary N) is 1. The summed E-state index contributed by atoms with van der Waals surface area (Å²) in [4.78, 5) is 24.2. The summed E-state index contributed by atoms with van der Waals surface area (Å²) in [5.74, 6) is -0.376. The third-order valence-electron chi connectivity index (χ3n) is 3.51. The van der Waals surface area contributed by atoms with Crippen LogP contribution in [-0.2, 0) is 11.3 Å². The van der Waals surface area contributed by atoms with E-state index < -0.39 is 0 Å². The van der Waals surface area contributed by atoms with Crippen molar-refractivity contribution in [1.82, 2.24) is 5.32 Å². The number of phenols is 1. The van der Waals surface area contributed by atoms with Crippen LogP contribution in [-0.4, -0.2) is 23.9 Å². The van der Waals surface area contributed by atoms with Gasteiger partial charge in [-0.2, -0.15) is 0 Å². The molecule has 2 N–H and O–H groups in total. The molecule has 0 saturated heterocycles. The fraction of sp³-hybridized carbons (Fsp3) is 0.158. The van der Waals surface area contributed by atoms with E-state index in [2.05, 4.69) is 11.9 Å². The van der Waals surface area contributed by atoms with E-state index in [1.807, 2.05) is 6.07 Å². The van der Waals surface area contributed by atoms with Crippen molar-refractivity contribution in [2.75, 3.05) is 7.11 Å². The van der Waals surface area contributed by atoms with E-state index in [0.29, 0.717) is 22.4 Å². The van der Waals surface area contributed by atoms with Crippen LogP contribution in [0.1, 0.15) is 28.4 Å². The number of benzene rings is 2. The molecule has 0 saturated carbocycles. The van der Waals surface area contributed by atoms with Crippen LogP contribution in [0.25, 0.3) is 0 Å². The van der Waals surface area contributed by atoms with Crippen molar-refractivity contribution in [3.8, 4) is 11.5 Å². The Balaban J connectivity index is 2.36. The Hall–Kier alpha value is -3.08. The highest BCUT2D eigenvalue weighted by molar-refractivity contribution is 6.10. The molecule has 0 aromatic heterocycles. The van der Waals surface area contributed by atoms with Gasteiger partial charge in [0.25, 0.3) is 0 Å². The summed E-state index contributed by atoms with van der Waals surface area (Å²) in [5, 5.41) is 12.8. The summed E-state index contributed by atoms with van der Waals surface area (Å²) in [6.07, 6.45) is 0. The molecule has 2 aromatic carbocycles. The van der Waals surface area contributed by atoms with Crippen LogP contribution in [0.2, 0.25) is 0 Å². The molecule has 5 heteroatoms. The number of aromatic hydroxyl groups is 1. The van der Waals surface area contributed by atoms with Crippen LogP contribution < -0.4 is 10.1 Å². The zero-order valence-corrected chi connectivity index (χ0v) is 13.6. The molecule has 0 spiro atoms. The van der Waals surface area contributed by atoms with Gasteiger partial charge >= 0.3 is 0 Å². The monoisotopic (exact) mass is 325 g/mol. The molecule has 0 unspecified atom stereocenters. The smallest absolute Gasteiger partial charge is 0.246 e. The molecular weight excluding hydrogens is 306 g/mol. The Morgan fingerprint density at radius 1 is 1.21 bits per heavy atom. The van der Waals surface area contributed by atoms with Gasteiger partial charge in [-0.3, -0.25) is 9.59 Å². The van der Waals surface area contributed by atoms with Gasteiger partial charge in [0.1, 0.15) is 11.5 Å². The number of rotatable bonds is 6. The van der Waals surface area contributed by atoms with Gasteiger partial charge in [-0.15, -0.1) is 0 Å². The van der Waals surface area contributed by atoms with E-state index in [1.165, 1.54) is 19.2 Å². The molecule has 0 atom stereocenters. The minimum Gasteiger partial charge on any atom is -0.507 e. The first-order chi connectivity index (χ1) is 11.4. The van der Waals surface area contributed by atoms with Crippen molar-refractivity contribution < 1.29 is 19.4 Å². The third-order valence-corrected chi connectivity index (χ3v) is 3.51. The number of ether oxygens (including phenoxy) is 1. The average molecular weight is 325 g/mol. The number of hydrogen-bond donors (Lipinski definition) is 2. The summed E-state index contributed by atoms with van der Waals surface area (Å²) in [7, 11) is 1.46. The lowest BCUT2D eigenvalue weighted by Gasteiger charge is -2.13. The minimum atomic E-state index is -0.303. The van der Waals surface area contributed by atoms with Gasteiger partial charge < -0.3 is 15.2 Å². The quantitative estimate of drug-likeness (QED) is 0.632. The van der Waals surface area contributed by atoms with E-state index in [0.717, 1.165) is 0 Å². The molecule has 0 aliphatic carbocycles. The highest BCUT2D eigenvalue weighted by Gasteiger charge is 2.17. The highest BCUT2D eigenvalue weighted by atomic mass is 16.5. The van der Waals surface area contributed by atoms with Gasteiger partial charge in [-0.05, 0) is 13.0 Å². The largest absolute Gasteiger partial charge is 0.507 e. The zero-order valence-electron chi connectivity index (χ0n) is 13.6. The molecule has 0 bridgehead atoms. The first-order valence-corrected chi connectivity index (χ1v) is 7.37. The molecule has 0 aliphatic rings. The standard InChI is InChI=1S/C19H19NO4/c1-12(2)19(23)20-11-14-9-15(16(21)10-17(14)24-3)18(22)13-7-5-4-6-8-13/h4-10,21H,1,11H2,2-3H3,(H,20,23). The fourth-order valence-electron chi connectivity index (χ4n) is 2.20. The molecule has 1 amide bonds. The molecule has 2 aromatic rings. The van der Waals surface area contributed by atoms with E-state index in [1.54, 1.807) is 31.2 Å². The van der Waals surface area contributed by atoms with Crippen molar-refractivity contribution in [2.24, 2.45) is 0 Å². The molecule has 0 aliphatic heterocycles. The highest BCUT2D eigenvalue weighted by Crippen LogP contribution is 2.30. The molecule has 0 radical (unpaired) electrons. The maximum absolute atomic E-state index is 12.6. The van der Waals surface area contributed by atoms with Crippen molar-refractivity contribution in [2.45, 2.75) is 13.5 Å². The average Bonchev–Trinajstić information content (AvgIpc) is 2.60. The van der Waals surface area contributed by atoms with Crippen molar-refractivity contribution >= 4 is 11.7 Å². The number of hydrogen-bond acceptors (Lipinski definition) is 4. The van der Waals surface area contributed by atoms with Gasteiger partial charge in [0, 0.05) is 29.3 Å². The van der Waals surface area contributed by atoms with Crippen LogP contribution in [0, 0.1) is 0 Å². The Labute approximate surface area is 140 Å². The summed E-state index contributed by atoms with van der Waals surface area (Å²) >= 11 is 0. The minimum absolute atomic E-state index is 0.154. The molecule has 124 valence electrons. The number of methoxy groups -OCH3 is 1. The Morgan fingerprint density at radius 3 is 2.46 bits per heavy atom. The predicted octanol–water partition coefficient (Wildman–Crippen LogP) is 2.82. The second kappa shape index (κ2) is 7.46. The topological polar surface area (TPSA) is 75.6 Å². The Bertz CT molecular complexity index is 781. The SMILES string of the molecule is C=C(C)C(=O)NCc1cc(C(=O)c2ccccc2)c(O)cc1OC. The first kappa shape index (κ1) is 17.3. The van der Waals surface area contributed by atoms with E-state index in [9.17, 15) is 14.7 Å². The van der Waals surface area contributed by atoms with Crippen LogP contribution >= 0.6 is 0 Å². The zero-order chi connectivity index (χ0) is 17.7. The van der Waals surface area contributed by atoms with E-state index in [-0.39, 0.29) is 29.5 Å². The van der Waals surface area contributed by atoms with E-state index >= 15 is 0 Å². The van der Waals surface area contributed by atoms with Crippen LogP contribution in [0.5, 0.6) is 11.5 Å². The predicted molar refractivity (Wildman–Crippen MR) is 91.2 cm³/mol. The van der Waals surface area contributed by atoms with Gasteiger partial charge in [-0.25, -0.2) is 0 Å². The van der Waals surface area contributed by atoms with Crippen molar-refractivity contribution in [3.63, 3.8) is 0 Å². The molecule has 5 nitrogen and oxygen atoms in total. The maximum atomic E-state index is 12.6. The first-order valence-electron chi connectivity index (χ1n) is 7.37. The van der Waals surface area contributed by atoms with Crippen LogP contribution in [0.15, 0.2) is 54.6 Å². The maximum Gasteiger partial charge on any atom is 0.246 e. The lowest BCUT2D eigenvalue weighted by molar-refractivity contribution is -0.117. The normalized spacial score (nSPS) is 10.1. The Kier molecular flexibility index (Phi) is 5.37. The van der Waals surface area contributed by atoms with Gasteiger partial charge in [-0.1, -0.05) is 36.9 Å². The summed E-state index contributed by atoms with van der Waals surface area (Å²) in [5.41, 5.74) is 1.59. The summed E-state index contributed by atoms with van der Waals surface area (Å²) in [6.45, 7) is 5.33. The van der Waals surface area contributed by atoms with Crippen molar-refractivity contribution in [1.29, 1.82) is 0 Å². The number of carbonyl (C=O) groups is 2. The lowest BCUT2D eigenvalue weighted by Crippen LogP contribution is -2.23. The molecule has 2 rings (SSSR count). The van der Waals surface area contributed by atoms with Crippen LogP contribution in [0.3, 0.4) is 0 Å². The second-order valence-corrected chi connectivity index (χ2v) is 5.34. The van der Waals surface area contributed by atoms with Gasteiger partial charge in [0.05, 0.1) is 12.7 Å². The van der Waals surface area contributed by atoms with E-state index in [4.69, 9.17) is 4.74 Å². The number of ketones is 1. The third kappa shape index (κ3) is 3.81. The number of phenolic OH excluding ortho intramolecular Hbond substituents is 1. The Morgan fingerprint density at radius 2 is 1.88 bits per heavy atom. The number of amides is 1.